The molecule has 2 N–H and O–H groups in total. The van der Waals surface area contributed by atoms with Crippen LogP contribution >= 0.6 is 11.3 Å². The molecular formula is C17H19N3O2S. The van der Waals surface area contributed by atoms with Gasteiger partial charge in [0.2, 0.25) is 5.91 Å². The first-order valence-corrected chi connectivity index (χ1v) is 8.41. The maximum absolute atomic E-state index is 11.9. The highest BCUT2D eigenvalue weighted by Crippen LogP contribution is 2.23. The SMILES string of the molecule is CC(C)C(O)CC(=O)Nc1ccc(-c2cn3ccsc3n2)cc1. The summed E-state index contributed by atoms with van der Waals surface area (Å²) in [7, 11) is 0. The van der Waals surface area contributed by atoms with Crippen LogP contribution in [0.4, 0.5) is 5.69 Å². The zero-order valence-electron chi connectivity index (χ0n) is 13.1. The minimum Gasteiger partial charge on any atom is -0.392 e. The molecule has 23 heavy (non-hydrogen) atoms. The van der Waals surface area contributed by atoms with Gasteiger partial charge in [-0.25, -0.2) is 4.98 Å². The zero-order valence-corrected chi connectivity index (χ0v) is 13.9. The zero-order chi connectivity index (χ0) is 16.4. The first kappa shape index (κ1) is 15.7. The fourth-order valence-corrected chi connectivity index (χ4v) is 2.93. The third-order valence-electron chi connectivity index (χ3n) is 3.72. The van der Waals surface area contributed by atoms with Crippen LogP contribution in [0, 0.1) is 5.92 Å². The van der Waals surface area contributed by atoms with Crippen LogP contribution in [0.5, 0.6) is 0 Å². The molecule has 5 nitrogen and oxygen atoms in total. The topological polar surface area (TPSA) is 66.6 Å². The van der Waals surface area contributed by atoms with E-state index in [-0.39, 0.29) is 18.2 Å². The van der Waals surface area contributed by atoms with Crippen molar-refractivity contribution in [3.63, 3.8) is 0 Å². The number of aliphatic hydroxyl groups excluding tert-OH is 1. The number of nitrogens with one attached hydrogen (secondary N) is 1. The van der Waals surface area contributed by atoms with E-state index in [1.54, 1.807) is 11.3 Å². The molecule has 2 aromatic heterocycles. The molecule has 120 valence electrons. The summed E-state index contributed by atoms with van der Waals surface area (Å²) in [6.07, 6.45) is 3.45. The van der Waals surface area contributed by atoms with E-state index in [0.29, 0.717) is 0 Å². The number of hydrogen-bond donors (Lipinski definition) is 2. The number of nitrogens with zero attached hydrogens (tertiary/aromatic N) is 2. The molecule has 0 saturated carbocycles. The Morgan fingerprint density at radius 1 is 1.35 bits per heavy atom. The molecule has 0 aliphatic heterocycles. The molecule has 0 radical (unpaired) electrons. The third kappa shape index (κ3) is 3.60. The molecule has 0 saturated heterocycles. The fourth-order valence-electron chi connectivity index (χ4n) is 2.23. The number of hydrogen-bond acceptors (Lipinski definition) is 4. The van der Waals surface area contributed by atoms with E-state index in [2.05, 4.69) is 10.3 Å². The van der Waals surface area contributed by atoms with Gasteiger partial charge in [0.25, 0.3) is 0 Å². The van der Waals surface area contributed by atoms with Crippen molar-refractivity contribution in [2.75, 3.05) is 5.32 Å². The van der Waals surface area contributed by atoms with E-state index in [4.69, 9.17) is 0 Å². The highest BCUT2D eigenvalue weighted by Gasteiger charge is 2.14. The average Bonchev–Trinajstić information content (AvgIpc) is 3.09. The predicted octanol–water partition coefficient (Wildman–Crippen LogP) is 3.41. The van der Waals surface area contributed by atoms with Crippen molar-refractivity contribution in [1.82, 2.24) is 9.38 Å². The van der Waals surface area contributed by atoms with Gasteiger partial charge >= 0.3 is 0 Å². The second kappa shape index (κ2) is 6.52. The van der Waals surface area contributed by atoms with Crippen LogP contribution in [-0.4, -0.2) is 26.5 Å². The van der Waals surface area contributed by atoms with Crippen LogP contribution in [-0.2, 0) is 4.79 Å². The van der Waals surface area contributed by atoms with E-state index < -0.39 is 6.10 Å². The summed E-state index contributed by atoms with van der Waals surface area (Å²) in [6.45, 7) is 3.78. The number of thiazole rings is 1. The number of fused-ring (bicyclic) bond motifs is 1. The molecule has 1 unspecified atom stereocenters. The third-order valence-corrected chi connectivity index (χ3v) is 4.49. The Hall–Kier alpha value is -2.18. The Morgan fingerprint density at radius 3 is 2.74 bits per heavy atom. The van der Waals surface area contributed by atoms with Gasteiger partial charge in [-0.1, -0.05) is 26.0 Å². The summed E-state index contributed by atoms with van der Waals surface area (Å²) in [5, 5.41) is 14.5. The van der Waals surface area contributed by atoms with Gasteiger partial charge < -0.3 is 10.4 Å². The molecule has 0 aliphatic carbocycles. The summed E-state index contributed by atoms with van der Waals surface area (Å²) in [5.41, 5.74) is 2.63. The Labute approximate surface area is 138 Å². The minimum atomic E-state index is -0.618. The van der Waals surface area contributed by atoms with Crippen LogP contribution in [0.1, 0.15) is 20.3 Å². The van der Waals surface area contributed by atoms with Crippen molar-refractivity contribution in [2.24, 2.45) is 5.92 Å². The molecule has 6 heteroatoms. The minimum absolute atomic E-state index is 0.0675. The number of amides is 1. The summed E-state index contributed by atoms with van der Waals surface area (Å²) in [6, 6.07) is 7.56. The molecule has 1 atom stereocenters. The Kier molecular flexibility index (Phi) is 4.45. The van der Waals surface area contributed by atoms with Crippen molar-refractivity contribution in [3.8, 4) is 11.3 Å². The Balaban J connectivity index is 1.67. The number of anilines is 1. The van der Waals surface area contributed by atoms with Gasteiger partial charge in [0.15, 0.2) is 4.96 Å². The summed E-state index contributed by atoms with van der Waals surface area (Å²) >= 11 is 1.59. The first-order chi connectivity index (χ1) is 11.0. The van der Waals surface area contributed by atoms with E-state index in [0.717, 1.165) is 21.9 Å². The molecule has 0 aliphatic rings. The van der Waals surface area contributed by atoms with Gasteiger partial charge in [-0.3, -0.25) is 9.20 Å². The number of imidazole rings is 1. The van der Waals surface area contributed by atoms with E-state index in [1.807, 2.05) is 60.3 Å². The fraction of sp³-hybridized carbons (Fsp3) is 0.294. The quantitative estimate of drug-likeness (QED) is 0.754. The number of carbonyl (C=O) groups is 1. The molecule has 3 aromatic rings. The normalized spacial score (nSPS) is 12.7. The van der Waals surface area contributed by atoms with Crippen LogP contribution in [0.25, 0.3) is 16.2 Å². The van der Waals surface area contributed by atoms with E-state index >= 15 is 0 Å². The van der Waals surface area contributed by atoms with Crippen LogP contribution < -0.4 is 5.32 Å². The monoisotopic (exact) mass is 329 g/mol. The predicted molar refractivity (Wildman–Crippen MR) is 92.6 cm³/mol. The number of aromatic nitrogens is 2. The Bertz CT molecular complexity index is 776. The molecule has 3 rings (SSSR count). The van der Waals surface area contributed by atoms with Gasteiger partial charge in [0.05, 0.1) is 18.2 Å². The molecule has 0 fully saturated rings. The molecule has 1 aromatic carbocycles. The van der Waals surface area contributed by atoms with E-state index in [9.17, 15) is 9.90 Å². The van der Waals surface area contributed by atoms with Crippen molar-refractivity contribution in [1.29, 1.82) is 0 Å². The van der Waals surface area contributed by atoms with Crippen molar-refractivity contribution < 1.29 is 9.90 Å². The lowest BCUT2D eigenvalue weighted by Gasteiger charge is -2.14. The smallest absolute Gasteiger partial charge is 0.226 e. The van der Waals surface area contributed by atoms with Gasteiger partial charge in [-0.05, 0) is 18.1 Å². The standard InChI is InChI=1S/C17H19N3O2S/c1-11(2)15(21)9-16(22)18-13-5-3-12(4-6-13)14-10-20-7-8-23-17(20)19-14/h3-8,10-11,15,21H,9H2,1-2H3,(H,18,22). The van der Waals surface area contributed by atoms with Gasteiger partial charge in [0.1, 0.15) is 0 Å². The highest BCUT2D eigenvalue weighted by atomic mass is 32.1. The second-order valence-electron chi connectivity index (χ2n) is 5.86. The second-order valence-corrected chi connectivity index (χ2v) is 6.73. The van der Waals surface area contributed by atoms with Crippen molar-refractivity contribution >= 4 is 27.9 Å². The van der Waals surface area contributed by atoms with Gasteiger partial charge in [0, 0.05) is 29.0 Å². The van der Waals surface area contributed by atoms with Crippen molar-refractivity contribution in [2.45, 2.75) is 26.4 Å². The molecular weight excluding hydrogens is 310 g/mol. The molecule has 0 bridgehead atoms. The summed E-state index contributed by atoms with van der Waals surface area (Å²) in [5.74, 6) is -0.112. The maximum Gasteiger partial charge on any atom is 0.226 e. The first-order valence-electron chi connectivity index (χ1n) is 7.53. The van der Waals surface area contributed by atoms with Crippen LogP contribution in [0.15, 0.2) is 42.0 Å². The van der Waals surface area contributed by atoms with E-state index in [1.165, 1.54) is 0 Å². The lowest BCUT2D eigenvalue weighted by atomic mass is 10.0. The largest absolute Gasteiger partial charge is 0.392 e. The maximum atomic E-state index is 11.9. The van der Waals surface area contributed by atoms with Gasteiger partial charge in [-0.15, -0.1) is 11.3 Å². The number of aliphatic hydroxyl groups is 1. The number of rotatable bonds is 5. The molecule has 1 amide bonds. The lowest BCUT2D eigenvalue weighted by Crippen LogP contribution is -2.23. The van der Waals surface area contributed by atoms with Crippen LogP contribution in [0.2, 0.25) is 0 Å². The molecule has 2 heterocycles. The highest BCUT2D eigenvalue weighted by molar-refractivity contribution is 7.15. The Morgan fingerprint density at radius 2 is 2.09 bits per heavy atom. The molecule has 0 spiro atoms. The number of carbonyl (C=O) groups excluding carboxylic acids is 1. The van der Waals surface area contributed by atoms with Gasteiger partial charge in [-0.2, -0.15) is 0 Å². The van der Waals surface area contributed by atoms with Crippen molar-refractivity contribution in [3.05, 3.63) is 42.0 Å². The van der Waals surface area contributed by atoms with Crippen LogP contribution in [0.3, 0.4) is 0 Å². The lowest BCUT2D eigenvalue weighted by molar-refractivity contribution is -0.118. The number of benzene rings is 1. The average molecular weight is 329 g/mol. The summed E-state index contributed by atoms with van der Waals surface area (Å²) in [4.78, 5) is 17.4. The summed E-state index contributed by atoms with van der Waals surface area (Å²) < 4.78 is 1.99.